The SMILES string of the molecule is COC(=O)c1sccc1NCCNC(=O)OC(C)(C)C. The number of hydrogen-bond acceptors (Lipinski definition) is 6. The summed E-state index contributed by atoms with van der Waals surface area (Å²) in [6, 6.07) is 1.80. The zero-order valence-corrected chi connectivity index (χ0v) is 12.9. The van der Waals surface area contributed by atoms with Crippen molar-refractivity contribution in [2.24, 2.45) is 0 Å². The molecule has 0 spiro atoms. The number of esters is 1. The molecule has 1 rings (SSSR count). The van der Waals surface area contributed by atoms with Crippen molar-refractivity contribution in [3.8, 4) is 0 Å². The molecule has 0 fully saturated rings. The standard InChI is InChI=1S/C13H20N2O4S/c1-13(2,3)19-12(17)15-7-6-14-9-5-8-20-10(9)11(16)18-4/h5,8,14H,6-7H2,1-4H3,(H,15,17). The molecule has 0 aromatic carbocycles. The lowest BCUT2D eigenvalue weighted by atomic mass is 10.2. The highest BCUT2D eigenvalue weighted by Crippen LogP contribution is 2.22. The average molecular weight is 300 g/mol. The van der Waals surface area contributed by atoms with E-state index in [0.29, 0.717) is 23.7 Å². The number of anilines is 1. The van der Waals surface area contributed by atoms with Gasteiger partial charge in [-0.3, -0.25) is 0 Å². The molecule has 0 aliphatic rings. The predicted octanol–water partition coefficient (Wildman–Crippen LogP) is 2.47. The summed E-state index contributed by atoms with van der Waals surface area (Å²) in [6.45, 7) is 6.29. The Hall–Kier alpha value is -1.76. The molecule has 0 aliphatic heterocycles. The normalized spacial score (nSPS) is 10.8. The maximum absolute atomic E-state index is 11.5. The Balaban J connectivity index is 2.33. The topological polar surface area (TPSA) is 76.7 Å². The van der Waals surface area contributed by atoms with Gasteiger partial charge in [-0.05, 0) is 32.2 Å². The lowest BCUT2D eigenvalue weighted by Crippen LogP contribution is -2.35. The van der Waals surface area contributed by atoms with Crippen molar-refractivity contribution in [1.82, 2.24) is 5.32 Å². The fourth-order valence-electron chi connectivity index (χ4n) is 1.38. The molecule has 20 heavy (non-hydrogen) atoms. The van der Waals surface area contributed by atoms with Crippen LogP contribution in [0.3, 0.4) is 0 Å². The van der Waals surface area contributed by atoms with E-state index < -0.39 is 11.7 Å². The van der Waals surface area contributed by atoms with Gasteiger partial charge in [0.1, 0.15) is 10.5 Å². The molecule has 0 atom stereocenters. The van der Waals surface area contributed by atoms with E-state index in [4.69, 9.17) is 4.74 Å². The molecule has 0 bridgehead atoms. The molecular formula is C13H20N2O4S. The van der Waals surface area contributed by atoms with Gasteiger partial charge in [0.25, 0.3) is 0 Å². The number of nitrogens with one attached hydrogen (secondary N) is 2. The number of carbonyl (C=O) groups is 2. The molecule has 1 amide bonds. The summed E-state index contributed by atoms with van der Waals surface area (Å²) in [5.41, 5.74) is 0.191. The number of thiophene rings is 1. The molecule has 2 N–H and O–H groups in total. The highest BCUT2D eigenvalue weighted by atomic mass is 32.1. The van der Waals surface area contributed by atoms with E-state index in [1.165, 1.54) is 18.4 Å². The van der Waals surface area contributed by atoms with E-state index in [-0.39, 0.29) is 5.97 Å². The fourth-order valence-corrected chi connectivity index (χ4v) is 2.16. The second-order valence-corrected chi connectivity index (χ2v) is 5.93. The van der Waals surface area contributed by atoms with Gasteiger partial charge in [0.05, 0.1) is 12.8 Å². The first-order valence-electron chi connectivity index (χ1n) is 6.20. The molecule has 0 unspecified atom stereocenters. The van der Waals surface area contributed by atoms with Gasteiger partial charge in [-0.1, -0.05) is 0 Å². The first kappa shape index (κ1) is 16.3. The number of ether oxygens (including phenoxy) is 2. The summed E-state index contributed by atoms with van der Waals surface area (Å²) in [5, 5.41) is 7.50. The van der Waals surface area contributed by atoms with E-state index in [0.717, 1.165) is 0 Å². The minimum atomic E-state index is -0.511. The van der Waals surface area contributed by atoms with Gasteiger partial charge in [0.2, 0.25) is 0 Å². The summed E-state index contributed by atoms with van der Waals surface area (Å²) in [4.78, 5) is 23.4. The van der Waals surface area contributed by atoms with Crippen LogP contribution in [0.2, 0.25) is 0 Å². The van der Waals surface area contributed by atoms with Crippen molar-refractivity contribution in [3.05, 3.63) is 16.3 Å². The molecule has 6 nitrogen and oxygen atoms in total. The quantitative estimate of drug-likeness (QED) is 0.645. The smallest absolute Gasteiger partial charge is 0.407 e. The Morgan fingerprint density at radius 2 is 2.00 bits per heavy atom. The number of alkyl carbamates (subject to hydrolysis) is 1. The number of rotatable bonds is 5. The maximum Gasteiger partial charge on any atom is 0.407 e. The Labute approximate surface area is 122 Å². The Morgan fingerprint density at radius 3 is 2.60 bits per heavy atom. The number of methoxy groups -OCH3 is 1. The Morgan fingerprint density at radius 1 is 1.30 bits per heavy atom. The molecule has 0 radical (unpaired) electrons. The lowest BCUT2D eigenvalue weighted by molar-refractivity contribution is 0.0528. The van der Waals surface area contributed by atoms with Gasteiger partial charge in [-0.2, -0.15) is 0 Å². The summed E-state index contributed by atoms with van der Waals surface area (Å²) in [6.07, 6.45) is -0.460. The highest BCUT2D eigenvalue weighted by Gasteiger charge is 2.16. The van der Waals surface area contributed by atoms with Crippen molar-refractivity contribution in [1.29, 1.82) is 0 Å². The van der Waals surface area contributed by atoms with E-state index in [9.17, 15) is 9.59 Å². The van der Waals surface area contributed by atoms with Crippen molar-refractivity contribution in [3.63, 3.8) is 0 Å². The summed E-state index contributed by atoms with van der Waals surface area (Å²) in [5.74, 6) is -0.373. The van der Waals surface area contributed by atoms with Crippen LogP contribution in [0.25, 0.3) is 0 Å². The van der Waals surface area contributed by atoms with Crippen LogP contribution in [0.5, 0.6) is 0 Å². The van der Waals surface area contributed by atoms with Crippen LogP contribution in [0.4, 0.5) is 10.5 Å². The maximum atomic E-state index is 11.5. The number of carbonyl (C=O) groups excluding carboxylic acids is 2. The first-order chi connectivity index (χ1) is 9.33. The highest BCUT2D eigenvalue weighted by molar-refractivity contribution is 7.12. The van der Waals surface area contributed by atoms with Crippen LogP contribution in [0.1, 0.15) is 30.4 Å². The molecule has 112 valence electrons. The molecule has 0 saturated carbocycles. The lowest BCUT2D eigenvalue weighted by Gasteiger charge is -2.19. The molecule has 0 aliphatic carbocycles. The predicted molar refractivity (Wildman–Crippen MR) is 78.4 cm³/mol. The molecule has 1 aromatic rings. The first-order valence-corrected chi connectivity index (χ1v) is 7.08. The summed E-state index contributed by atoms with van der Waals surface area (Å²) < 4.78 is 9.78. The Bertz CT molecular complexity index is 465. The van der Waals surface area contributed by atoms with Gasteiger partial charge in [-0.15, -0.1) is 11.3 Å². The van der Waals surface area contributed by atoms with Crippen molar-refractivity contribution in [2.75, 3.05) is 25.5 Å². The third kappa shape index (κ3) is 5.48. The molecule has 0 saturated heterocycles. The van der Waals surface area contributed by atoms with Crippen LogP contribution in [-0.4, -0.2) is 37.9 Å². The fraction of sp³-hybridized carbons (Fsp3) is 0.538. The monoisotopic (exact) mass is 300 g/mol. The second-order valence-electron chi connectivity index (χ2n) is 5.01. The minimum absolute atomic E-state index is 0.373. The van der Waals surface area contributed by atoms with Crippen LogP contribution in [0.15, 0.2) is 11.4 Å². The molecule has 1 aromatic heterocycles. The third-order valence-corrected chi connectivity index (χ3v) is 3.04. The third-order valence-electron chi connectivity index (χ3n) is 2.14. The zero-order valence-electron chi connectivity index (χ0n) is 12.1. The van der Waals surface area contributed by atoms with E-state index in [1.54, 1.807) is 32.2 Å². The van der Waals surface area contributed by atoms with Crippen molar-refractivity contribution in [2.45, 2.75) is 26.4 Å². The van der Waals surface area contributed by atoms with Crippen molar-refractivity contribution >= 4 is 29.1 Å². The molecule has 7 heteroatoms. The zero-order chi connectivity index (χ0) is 15.2. The average Bonchev–Trinajstić information content (AvgIpc) is 2.79. The minimum Gasteiger partial charge on any atom is -0.465 e. The number of hydrogen-bond donors (Lipinski definition) is 2. The van der Waals surface area contributed by atoms with E-state index in [2.05, 4.69) is 15.4 Å². The van der Waals surface area contributed by atoms with E-state index >= 15 is 0 Å². The molecular weight excluding hydrogens is 280 g/mol. The van der Waals surface area contributed by atoms with Gasteiger partial charge in [-0.25, -0.2) is 9.59 Å². The van der Waals surface area contributed by atoms with Gasteiger partial charge < -0.3 is 20.1 Å². The largest absolute Gasteiger partial charge is 0.465 e. The van der Waals surface area contributed by atoms with Gasteiger partial charge >= 0.3 is 12.1 Å². The van der Waals surface area contributed by atoms with Crippen LogP contribution in [-0.2, 0) is 9.47 Å². The van der Waals surface area contributed by atoms with Gasteiger partial charge in [0, 0.05) is 13.1 Å². The van der Waals surface area contributed by atoms with Crippen LogP contribution in [0, 0.1) is 0 Å². The van der Waals surface area contributed by atoms with Crippen molar-refractivity contribution < 1.29 is 19.1 Å². The van der Waals surface area contributed by atoms with Crippen LogP contribution >= 0.6 is 11.3 Å². The van der Waals surface area contributed by atoms with Gasteiger partial charge in [0.15, 0.2) is 0 Å². The summed E-state index contributed by atoms with van der Waals surface area (Å²) in [7, 11) is 1.34. The molecule has 1 heterocycles. The van der Waals surface area contributed by atoms with E-state index in [1.807, 2.05) is 0 Å². The second kappa shape index (κ2) is 7.14. The Kier molecular flexibility index (Phi) is 5.82. The number of amides is 1. The summed E-state index contributed by atoms with van der Waals surface area (Å²) >= 11 is 1.31. The van der Waals surface area contributed by atoms with Crippen LogP contribution < -0.4 is 10.6 Å².